The molecule has 0 aromatic carbocycles. The third-order valence-electron chi connectivity index (χ3n) is 11.7. The zero-order valence-electron chi connectivity index (χ0n) is 31.9. The molecule has 16 heteroatoms. The fourth-order valence-electron chi connectivity index (χ4n) is 9.03. The molecule has 0 radical (unpaired) electrons. The molecular formula is C38H52N8O6S2. The second-order valence-corrected chi connectivity index (χ2v) is 17.8. The van der Waals surface area contributed by atoms with Crippen LogP contribution in [0.3, 0.4) is 0 Å². The Bertz CT molecular complexity index is 2020. The van der Waals surface area contributed by atoms with Gasteiger partial charge in [0.05, 0.1) is 48.5 Å². The summed E-state index contributed by atoms with van der Waals surface area (Å²) >= 11 is 3.17. The van der Waals surface area contributed by atoms with Gasteiger partial charge in [-0.3, -0.25) is 23.7 Å². The minimum Gasteiger partial charge on any atom is -0.462 e. The fourth-order valence-corrected chi connectivity index (χ4v) is 11.5. The Kier molecular flexibility index (Phi) is 11.2. The van der Waals surface area contributed by atoms with Crippen LogP contribution in [0.15, 0.2) is 4.79 Å². The van der Waals surface area contributed by atoms with E-state index in [1.165, 1.54) is 31.6 Å². The molecule has 3 amide bonds. The summed E-state index contributed by atoms with van der Waals surface area (Å²) in [5, 5.41) is 4.32. The highest BCUT2D eigenvalue weighted by Crippen LogP contribution is 2.40. The van der Waals surface area contributed by atoms with Crippen LogP contribution in [0.25, 0.3) is 10.2 Å². The Balaban J connectivity index is 0.000000134. The number of hydrogen-bond acceptors (Lipinski definition) is 12. The highest BCUT2D eigenvalue weighted by atomic mass is 32.1. The smallest absolute Gasteiger partial charge is 0.341 e. The summed E-state index contributed by atoms with van der Waals surface area (Å²) in [5.74, 6) is 0.725. The maximum Gasteiger partial charge on any atom is 0.341 e. The molecule has 3 aromatic heterocycles. The summed E-state index contributed by atoms with van der Waals surface area (Å²) in [7, 11) is 7.72. The Morgan fingerprint density at radius 3 is 2.19 bits per heavy atom. The molecule has 2 aliphatic carbocycles. The van der Waals surface area contributed by atoms with Gasteiger partial charge >= 0.3 is 5.97 Å². The average Bonchev–Trinajstić information content (AvgIpc) is 3.90. The highest BCUT2D eigenvalue weighted by Gasteiger charge is 2.41. The largest absolute Gasteiger partial charge is 0.462 e. The van der Waals surface area contributed by atoms with E-state index in [9.17, 15) is 24.0 Å². The van der Waals surface area contributed by atoms with Gasteiger partial charge in [0.25, 0.3) is 5.56 Å². The minimum atomic E-state index is -0.276. The molecule has 1 saturated heterocycles. The quantitative estimate of drug-likeness (QED) is 0.370. The number of amides is 3. The molecule has 0 spiro atoms. The van der Waals surface area contributed by atoms with Crippen LogP contribution >= 0.6 is 22.7 Å². The molecule has 9 rings (SSSR count). The van der Waals surface area contributed by atoms with Gasteiger partial charge in [0.1, 0.15) is 15.7 Å². The van der Waals surface area contributed by atoms with E-state index in [1.807, 2.05) is 11.6 Å². The Hall–Kier alpha value is -3.86. The molecule has 4 aliphatic heterocycles. The van der Waals surface area contributed by atoms with Gasteiger partial charge in [-0.05, 0) is 70.7 Å². The molecule has 7 heterocycles. The monoisotopic (exact) mass is 780 g/mol. The zero-order valence-corrected chi connectivity index (χ0v) is 33.6. The lowest BCUT2D eigenvalue weighted by Crippen LogP contribution is -2.37. The summed E-state index contributed by atoms with van der Waals surface area (Å²) < 4.78 is 6.92. The molecule has 292 valence electrons. The van der Waals surface area contributed by atoms with Crippen molar-refractivity contribution >= 4 is 61.6 Å². The van der Waals surface area contributed by atoms with Crippen molar-refractivity contribution in [2.24, 2.45) is 11.8 Å². The summed E-state index contributed by atoms with van der Waals surface area (Å²) in [6.07, 6.45) is 7.51. The van der Waals surface area contributed by atoms with Crippen molar-refractivity contribution in [1.29, 1.82) is 0 Å². The first-order valence-electron chi connectivity index (χ1n) is 19.1. The molecule has 4 atom stereocenters. The lowest BCUT2D eigenvalue weighted by molar-refractivity contribution is -0.135. The lowest BCUT2D eigenvalue weighted by Gasteiger charge is -2.22. The first-order chi connectivity index (χ1) is 25.9. The van der Waals surface area contributed by atoms with Gasteiger partial charge in [-0.15, -0.1) is 22.7 Å². The topological polar surface area (TPSA) is 163 Å². The maximum absolute atomic E-state index is 13.5. The third-order valence-corrected chi connectivity index (χ3v) is 13.9. The average molecular weight is 781 g/mol. The number of anilines is 1. The van der Waals surface area contributed by atoms with Gasteiger partial charge in [-0.2, -0.15) is 0 Å². The van der Waals surface area contributed by atoms with Crippen LogP contribution in [-0.4, -0.2) is 113 Å². The first-order valence-corrected chi connectivity index (χ1v) is 20.8. The maximum atomic E-state index is 13.5. The van der Waals surface area contributed by atoms with Gasteiger partial charge in [0.2, 0.25) is 17.7 Å². The Labute approximate surface area is 323 Å². The summed E-state index contributed by atoms with van der Waals surface area (Å²) in [4.78, 5) is 76.9. The van der Waals surface area contributed by atoms with Crippen LogP contribution in [0.2, 0.25) is 0 Å². The molecule has 6 aliphatic rings. The number of hydrogen-bond donors (Lipinski definition) is 2. The Morgan fingerprint density at radius 1 is 0.833 bits per heavy atom. The SMILES string of the molecule is CCOC(=O)c1c(N)sc2c1CCN(C)C2.CN1CC(=O)N[C@H]2CCC[C@@H]2C1=O.CN1CCc2c(sc3nc4n(c(=O)c23)[C@H]2CCC[C@@H]2C(=O)N(C)C4)C1. The van der Waals surface area contributed by atoms with E-state index in [-0.39, 0.29) is 59.7 Å². The van der Waals surface area contributed by atoms with Crippen LogP contribution in [0.1, 0.15) is 88.6 Å². The number of nitrogen functional groups attached to an aromatic ring is 1. The predicted octanol–water partition coefficient (Wildman–Crippen LogP) is 3.00. The number of esters is 1. The molecule has 54 heavy (non-hydrogen) atoms. The molecule has 14 nitrogen and oxygen atoms in total. The van der Waals surface area contributed by atoms with E-state index in [0.29, 0.717) is 23.7 Å². The molecule has 0 bridgehead atoms. The second kappa shape index (κ2) is 15.7. The van der Waals surface area contributed by atoms with Crippen LogP contribution in [0, 0.1) is 11.8 Å². The molecular weight excluding hydrogens is 729 g/mol. The summed E-state index contributed by atoms with van der Waals surface area (Å²) in [6.45, 7) is 6.57. The standard InChI is InChI=1S/C18H22N4O2S.C11H16N2O2S.C9H14N2O2/c1-20-7-6-11-13(8-20)25-16-15(11)18(24)22-12-5-3-4-10(12)17(23)21(2)9-14(22)19-16;1-3-15-11(14)9-7-4-5-13(2)6-8(7)16-10(9)12;1-11-5-8(12)10-7-4-2-3-6(7)9(11)13/h10,12H,3-9H2,1-2H3;3-6,12H2,1-2H3;6-7H,2-5H2,1H3,(H,10,12)/t10-,12-;;6-,7-/m0.0/s1. The number of nitrogens with zero attached hydrogens (tertiary/aromatic N) is 6. The van der Waals surface area contributed by atoms with Crippen molar-refractivity contribution in [2.45, 2.75) is 90.0 Å². The van der Waals surface area contributed by atoms with Crippen molar-refractivity contribution in [1.82, 2.24) is 34.5 Å². The number of carbonyl (C=O) groups excluding carboxylic acids is 4. The van der Waals surface area contributed by atoms with E-state index in [1.54, 1.807) is 30.2 Å². The van der Waals surface area contributed by atoms with Crippen LogP contribution in [0.4, 0.5) is 5.00 Å². The van der Waals surface area contributed by atoms with Gasteiger partial charge in [-0.1, -0.05) is 12.8 Å². The van der Waals surface area contributed by atoms with Crippen molar-refractivity contribution in [2.75, 3.05) is 60.2 Å². The van der Waals surface area contributed by atoms with Gasteiger partial charge < -0.3 is 35.4 Å². The van der Waals surface area contributed by atoms with Gasteiger partial charge in [-0.25, -0.2) is 9.78 Å². The number of carbonyl (C=O) groups is 4. The Morgan fingerprint density at radius 2 is 1.46 bits per heavy atom. The lowest BCUT2D eigenvalue weighted by atomic mass is 10.0. The molecule has 3 aromatic rings. The number of likely N-dealkylation sites (N-methyl/N-ethyl adjacent to an activating group) is 3. The van der Waals surface area contributed by atoms with E-state index in [2.05, 4.69) is 29.2 Å². The second-order valence-electron chi connectivity index (χ2n) is 15.5. The normalized spacial score (nSPS) is 25.2. The number of fused-ring (bicyclic) bond motifs is 8. The predicted molar refractivity (Wildman–Crippen MR) is 208 cm³/mol. The van der Waals surface area contributed by atoms with Crippen LogP contribution < -0.4 is 16.6 Å². The van der Waals surface area contributed by atoms with Crippen molar-refractivity contribution in [3.63, 3.8) is 0 Å². The van der Waals surface area contributed by atoms with Crippen molar-refractivity contribution in [3.8, 4) is 0 Å². The van der Waals surface area contributed by atoms with Crippen molar-refractivity contribution < 1.29 is 23.9 Å². The number of nitrogens with two attached hydrogens (primary N) is 1. The van der Waals surface area contributed by atoms with Crippen LogP contribution in [-0.2, 0) is 51.6 Å². The van der Waals surface area contributed by atoms with Crippen LogP contribution in [0.5, 0.6) is 0 Å². The van der Waals surface area contributed by atoms with Gasteiger partial charge in [0.15, 0.2) is 0 Å². The number of rotatable bonds is 2. The highest BCUT2D eigenvalue weighted by molar-refractivity contribution is 7.18. The van der Waals surface area contributed by atoms with Gasteiger partial charge in [0, 0.05) is 56.1 Å². The van der Waals surface area contributed by atoms with E-state index >= 15 is 0 Å². The number of nitrogens with one attached hydrogen (secondary N) is 1. The van der Waals surface area contributed by atoms with E-state index in [4.69, 9.17) is 15.5 Å². The third kappa shape index (κ3) is 7.29. The molecule has 3 N–H and O–H groups in total. The van der Waals surface area contributed by atoms with E-state index in [0.717, 1.165) is 99.2 Å². The van der Waals surface area contributed by atoms with Crippen molar-refractivity contribution in [3.05, 3.63) is 42.6 Å². The van der Waals surface area contributed by atoms with E-state index < -0.39 is 0 Å². The first kappa shape index (κ1) is 38.4. The summed E-state index contributed by atoms with van der Waals surface area (Å²) in [5.41, 5.74) is 8.88. The summed E-state index contributed by atoms with van der Waals surface area (Å²) in [6, 6.07) is 0.0867. The number of aromatic nitrogens is 2. The molecule has 3 fully saturated rings. The zero-order chi connectivity index (χ0) is 38.4. The number of ether oxygens (including phenoxy) is 1. The number of thiophene rings is 2. The molecule has 2 saturated carbocycles. The fraction of sp³-hybridized carbons (Fsp3) is 0.632. The molecule has 0 unspecified atom stereocenters. The minimum absolute atomic E-state index is 0.0151.